The fourth-order valence-corrected chi connectivity index (χ4v) is 2.56. The lowest BCUT2D eigenvalue weighted by Crippen LogP contribution is -2.01. The van der Waals surface area contributed by atoms with E-state index in [1.54, 1.807) is 14.2 Å². The first-order chi connectivity index (χ1) is 9.67. The topological polar surface area (TPSA) is 67.2 Å². The molecule has 0 fully saturated rings. The highest BCUT2D eigenvalue weighted by Crippen LogP contribution is 2.28. The van der Waals surface area contributed by atoms with Gasteiger partial charge in [0.05, 0.1) is 14.2 Å². The standard InChI is InChI=1S/C13H12ClN3O2S/c1-18-9-4-3-8(10(5-9)19-2)7-16-13-17-12(14)11(6-15)20-13/h3-5H,7H2,1-2H3,(H,16,17). The SMILES string of the molecule is COc1ccc(CNc2nc(Cl)c(C#N)s2)c(OC)c1. The van der Waals surface area contributed by atoms with E-state index >= 15 is 0 Å². The van der Waals surface area contributed by atoms with E-state index in [1.807, 2.05) is 24.3 Å². The van der Waals surface area contributed by atoms with E-state index in [-0.39, 0.29) is 5.15 Å². The fraction of sp³-hybridized carbons (Fsp3) is 0.231. The van der Waals surface area contributed by atoms with Crippen LogP contribution in [0, 0.1) is 11.3 Å². The number of rotatable bonds is 5. The van der Waals surface area contributed by atoms with Crippen molar-refractivity contribution in [3.8, 4) is 17.6 Å². The van der Waals surface area contributed by atoms with Gasteiger partial charge < -0.3 is 14.8 Å². The molecule has 0 bridgehead atoms. The number of nitriles is 1. The Morgan fingerprint density at radius 1 is 1.40 bits per heavy atom. The molecule has 2 rings (SSSR count). The number of ether oxygens (including phenoxy) is 2. The first-order valence-electron chi connectivity index (χ1n) is 5.69. The van der Waals surface area contributed by atoms with E-state index in [4.69, 9.17) is 26.3 Å². The summed E-state index contributed by atoms with van der Waals surface area (Å²) in [7, 11) is 3.21. The van der Waals surface area contributed by atoms with E-state index in [0.29, 0.717) is 16.6 Å². The number of anilines is 1. The van der Waals surface area contributed by atoms with Gasteiger partial charge in [-0.15, -0.1) is 0 Å². The second-order valence-electron chi connectivity index (χ2n) is 3.78. The van der Waals surface area contributed by atoms with Crippen LogP contribution in [0.5, 0.6) is 11.5 Å². The van der Waals surface area contributed by atoms with Gasteiger partial charge >= 0.3 is 0 Å². The molecule has 0 saturated heterocycles. The van der Waals surface area contributed by atoms with Crippen molar-refractivity contribution in [1.82, 2.24) is 4.98 Å². The Labute approximate surface area is 125 Å². The van der Waals surface area contributed by atoms with Crippen LogP contribution in [-0.2, 0) is 6.54 Å². The summed E-state index contributed by atoms with van der Waals surface area (Å²) in [5.41, 5.74) is 0.957. The average molecular weight is 310 g/mol. The van der Waals surface area contributed by atoms with Crippen LogP contribution in [0.25, 0.3) is 0 Å². The van der Waals surface area contributed by atoms with Gasteiger partial charge in [-0.25, -0.2) is 4.98 Å². The predicted molar refractivity (Wildman–Crippen MR) is 78.7 cm³/mol. The van der Waals surface area contributed by atoms with E-state index < -0.39 is 0 Å². The summed E-state index contributed by atoms with van der Waals surface area (Å²) in [5.74, 6) is 1.45. The maximum atomic E-state index is 8.83. The summed E-state index contributed by atoms with van der Waals surface area (Å²) in [6, 6.07) is 7.57. The molecule has 0 aliphatic rings. The molecule has 1 N–H and O–H groups in total. The molecule has 0 unspecified atom stereocenters. The first kappa shape index (κ1) is 14.4. The van der Waals surface area contributed by atoms with Crippen molar-refractivity contribution in [1.29, 1.82) is 5.26 Å². The van der Waals surface area contributed by atoms with Crippen LogP contribution in [0.1, 0.15) is 10.4 Å². The third kappa shape index (κ3) is 3.13. The van der Waals surface area contributed by atoms with Gasteiger partial charge in [-0.3, -0.25) is 0 Å². The number of hydrogen-bond donors (Lipinski definition) is 1. The highest BCUT2D eigenvalue weighted by molar-refractivity contribution is 7.16. The highest BCUT2D eigenvalue weighted by atomic mass is 35.5. The molecule has 0 aliphatic heterocycles. The Balaban J connectivity index is 2.12. The number of hydrogen-bond acceptors (Lipinski definition) is 6. The molecule has 104 valence electrons. The first-order valence-corrected chi connectivity index (χ1v) is 6.88. The molecule has 0 spiro atoms. The van der Waals surface area contributed by atoms with Gasteiger partial charge in [0.15, 0.2) is 10.3 Å². The molecule has 2 aromatic rings. The monoisotopic (exact) mass is 309 g/mol. The molecule has 0 radical (unpaired) electrons. The Kier molecular flexibility index (Phi) is 4.66. The zero-order chi connectivity index (χ0) is 14.5. The van der Waals surface area contributed by atoms with Gasteiger partial charge in [-0.05, 0) is 12.1 Å². The van der Waals surface area contributed by atoms with Gasteiger partial charge in [-0.1, -0.05) is 22.9 Å². The average Bonchev–Trinajstić information content (AvgIpc) is 2.85. The van der Waals surface area contributed by atoms with Gasteiger partial charge in [0.2, 0.25) is 0 Å². The van der Waals surface area contributed by atoms with Crippen LogP contribution in [0.3, 0.4) is 0 Å². The minimum Gasteiger partial charge on any atom is -0.497 e. The number of thiazole rings is 1. The molecule has 5 nitrogen and oxygen atoms in total. The summed E-state index contributed by atoms with van der Waals surface area (Å²) in [5, 5.41) is 12.8. The Bertz CT molecular complexity index is 652. The highest BCUT2D eigenvalue weighted by Gasteiger charge is 2.10. The maximum Gasteiger partial charge on any atom is 0.185 e. The van der Waals surface area contributed by atoms with Crippen molar-refractivity contribution in [3.63, 3.8) is 0 Å². The van der Waals surface area contributed by atoms with Crippen molar-refractivity contribution in [3.05, 3.63) is 33.8 Å². The van der Waals surface area contributed by atoms with Gasteiger partial charge in [0.25, 0.3) is 0 Å². The van der Waals surface area contributed by atoms with E-state index in [0.717, 1.165) is 17.1 Å². The quantitative estimate of drug-likeness (QED) is 0.918. The lowest BCUT2D eigenvalue weighted by atomic mass is 10.2. The van der Waals surface area contributed by atoms with E-state index in [2.05, 4.69) is 10.3 Å². The second kappa shape index (κ2) is 6.46. The van der Waals surface area contributed by atoms with Crippen molar-refractivity contribution >= 4 is 28.1 Å². The molecule has 1 heterocycles. The Morgan fingerprint density at radius 2 is 2.20 bits per heavy atom. The van der Waals surface area contributed by atoms with Crippen molar-refractivity contribution in [2.75, 3.05) is 19.5 Å². The largest absolute Gasteiger partial charge is 0.497 e. The summed E-state index contributed by atoms with van der Waals surface area (Å²) in [6.45, 7) is 0.516. The molecule has 1 aromatic carbocycles. The Morgan fingerprint density at radius 3 is 2.80 bits per heavy atom. The lowest BCUT2D eigenvalue weighted by molar-refractivity contribution is 0.391. The number of nitrogens with zero attached hydrogens (tertiary/aromatic N) is 2. The predicted octanol–water partition coefficient (Wildman–Crippen LogP) is 3.30. The Hall–Kier alpha value is -1.97. The van der Waals surface area contributed by atoms with E-state index in [9.17, 15) is 0 Å². The number of methoxy groups -OCH3 is 2. The summed E-state index contributed by atoms with van der Waals surface area (Å²) in [6.07, 6.45) is 0. The van der Waals surface area contributed by atoms with E-state index in [1.165, 1.54) is 11.3 Å². The number of halogens is 1. The van der Waals surface area contributed by atoms with Crippen molar-refractivity contribution in [2.24, 2.45) is 0 Å². The molecule has 0 aliphatic carbocycles. The summed E-state index contributed by atoms with van der Waals surface area (Å²) < 4.78 is 10.5. The van der Waals surface area contributed by atoms with Gasteiger partial charge in [0.1, 0.15) is 22.4 Å². The molecule has 20 heavy (non-hydrogen) atoms. The number of aromatic nitrogens is 1. The fourth-order valence-electron chi connectivity index (χ4n) is 1.61. The second-order valence-corrected chi connectivity index (χ2v) is 5.14. The molecule has 7 heteroatoms. The van der Waals surface area contributed by atoms with Crippen LogP contribution >= 0.6 is 22.9 Å². The number of nitrogens with one attached hydrogen (secondary N) is 1. The molecule has 1 aromatic heterocycles. The van der Waals surface area contributed by atoms with Crippen LogP contribution in [0.4, 0.5) is 5.13 Å². The lowest BCUT2D eigenvalue weighted by Gasteiger charge is -2.10. The normalized spacial score (nSPS) is 9.90. The minimum absolute atomic E-state index is 0.224. The summed E-state index contributed by atoms with van der Waals surface area (Å²) in [4.78, 5) is 4.47. The van der Waals surface area contributed by atoms with Crippen molar-refractivity contribution < 1.29 is 9.47 Å². The van der Waals surface area contributed by atoms with Crippen LogP contribution in [-0.4, -0.2) is 19.2 Å². The zero-order valence-electron chi connectivity index (χ0n) is 10.9. The maximum absolute atomic E-state index is 8.83. The van der Waals surface area contributed by atoms with Gasteiger partial charge in [-0.2, -0.15) is 5.26 Å². The molecular weight excluding hydrogens is 298 g/mol. The molecular formula is C13H12ClN3O2S. The van der Waals surface area contributed by atoms with Crippen LogP contribution in [0.2, 0.25) is 5.15 Å². The third-order valence-corrected chi connectivity index (χ3v) is 3.91. The zero-order valence-corrected chi connectivity index (χ0v) is 12.5. The molecule has 0 atom stereocenters. The molecule has 0 saturated carbocycles. The smallest absolute Gasteiger partial charge is 0.185 e. The number of benzene rings is 1. The molecule has 0 amide bonds. The minimum atomic E-state index is 0.224. The van der Waals surface area contributed by atoms with Crippen molar-refractivity contribution in [2.45, 2.75) is 6.54 Å². The van der Waals surface area contributed by atoms with Crippen LogP contribution in [0.15, 0.2) is 18.2 Å². The summed E-state index contributed by atoms with van der Waals surface area (Å²) >= 11 is 7.04. The third-order valence-electron chi connectivity index (χ3n) is 2.61. The van der Waals surface area contributed by atoms with Crippen LogP contribution < -0.4 is 14.8 Å². The van der Waals surface area contributed by atoms with Gasteiger partial charge in [0, 0.05) is 18.2 Å².